The summed E-state index contributed by atoms with van der Waals surface area (Å²) < 4.78 is 0. The molecule has 3 rings (SSSR count). The van der Waals surface area contributed by atoms with E-state index in [2.05, 4.69) is 39.7 Å². The Hall–Kier alpha value is -1.88. The molecule has 0 amide bonds. The molecule has 0 bridgehead atoms. The van der Waals surface area contributed by atoms with Crippen molar-refractivity contribution in [2.75, 3.05) is 5.32 Å². The number of rotatable bonds is 5. The third kappa shape index (κ3) is 3.82. The zero-order chi connectivity index (χ0) is 14.7. The lowest BCUT2D eigenvalue weighted by Crippen LogP contribution is -2.22. The Bertz CT molecular complexity index is 643. The number of hydrogen-bond donors (Lipinski definition) is 2. The number of anilines is 1. The number of aromatic nitrogens is 1. The quantitative estimate of drug-likeness (QED) is 0.656. The van der Waals surface area contributed by atoms with Crippen molar-refractivity contribution in [3.63, 3.8) is 0 Å². The summed E-state index contributed by atoms with van der Waals surface area (Å²) in [6.45, 7) is 2.68. The first-order chi connectivity index (χ1) is 10.2. The van der Waals surface area contributed by atoms with Crippen LogP contribution < -0.4 is 11.1 Å². The number of hydrogen-bond acceptors (Lipinski definition) is 3. The summed E-state index contributed by atoms with van der Waals surface area (Å²) in [7, 11) is 0. The van der Waals surface area contributed by atoms with Gasteiger partial charge in [0.15, 0.2) is 5.96 Å². The molecule has 1 aliphatic rings. The average molecular weight is 300 g/mol. The fraction of sp³-hybridized carbons (Fsp3) is 0.375. The number of nitrogens with one attached hydrogen (secondary N) is 1. The van der Waals surface area contributed by atoms with Gasteiger partial charge in [-0.2, -0.15) is 0 Å². The molecule has 1 aromatic heterocycles. The van der Waals surface area contributed by atoms with Crippen LogP contribution in [0.3, 0.4) is 0 Å². The monoisotopic (exact) mass is 300 g/mol. The number of guanidine groups is 1. The van der Waals surface area contributed by atoms with Crippen LogP contribution in [0.2, 0.25) is 0 Å². The Kier molecular flexibility index (Phi) is 4.20. The van der Waals surface area contributed by atoms with Crippen LogP contribution in [0.25, 0.3) is 0 Å². The van der Waals surface area contributed by atoms with Crippen LogP contribution in [-0.2, 0) is 13.0 Å². The molecular formula is C16H20N4S. The minimum atomic E-state index is 0.437. The minimum Gasteiger partial charge on any atom is -0.370 e. The number of nitrogens with zero attached hydrogens (tertiary/aromatic N) is 2. The van der Waals surface area contributed by atoms with E-state index in [1.54, 1.807) is 11.3 Å². The standard InChI is InChI=1S/C16H20N4S/c1-2-11-4-3-5-13(8-11)19-16(17)18-9-15-20-14(10-21-15)12-6-7-12/h3-5,8,10,12H,2,6-7,9H2,1H3,(H3,17,18,19). The second-order valence-electron chi connectivity index (χ2n) is 5.32. The molecule has 0 aliphatic heterocycles. The van der Waals surface area contributed by atoms with Gasteiger partial charge in [-0.25, -0.2) is 9.98 Å². The Labute approximate surface area is 129 Å². The van der Waals surface area contributed by atoms with Crippen LogP contribution in [-0.4, -0.2) is 10.9 Å². The number of aliphatic imine (C=N–C) groups is 1. The fourth-order valence-corrected chi connectivity index (χ4v) is 2.97. The highest BCUT2D eigenvalue weighted by Gasteiger charge is 2.25. The lowest BCUT2D eigenvalue weighted by atomic mass is 10.1. The Balaban J connectivity index is 1.59. The van der Waals surface area contributed by atoms with Crippen molar-refractivity contribution in [2.24, 2.45) is 10.7 Å². The number of benzene rings is 1. The van der Waals surface area contributed by atoms with Gasteiger partial charge in [-0.3, -0.25) is 0 Å². The summed E-state index contributed by atoms with van der Waals surface area (Å²) in [5, 5.41) is 6.31. The second-order valence-corrected chi connectivity index (χ2v) is 6.26. The molecule has 1 saturated carbocycles. The zero-order valence-corrected chi connectivity index (χ0v) is 13.0. The maximum Gasteiger partial charge on any atom is 0.193 e. The van der Waals surface area contributed by atoms with Gasteiger partial charge in [0.2, 0.25) is 0 Å². The van der Waals surface area contributed by atoms with Crippen LogP contribution in [0.4, 0.5) is 5.69 Å². The van der Waals surface area contributed by atoms with Gasteiger partial charge in [-0.05, 0) is 37.0 Å². The van der Waals surface area contributed by atoms with E-state index < -0.39 is 0 Å². The summed E-state index contributed by atoms with van der Waals surface area (Å²) in [6.07, 6.45) is 3.57. The number of thiazole rings is 1. The van der Waals surface area contributed by atoms with Crippen molar-refractivity contribution in [3.05, 3.63) is 45.9 Å². The van der Waals surface area contributed by atoms with E-state index in [1.165, 1.54) is 24.1 Å². The van der Waals surface area contributed by atoms with Crippen molar-refractivity contribution < 1.29 is 0 Å². The van der Waals surface area contributed by atoms with Gasteiger partial charge in [0.1, 0.15) is 5.01 Å². The van der Waals surface area contributed by atoms with Crippen LogP contribution in [0.1, 0.15) is 41.9 Å². The summed E-state index contributed by atoms with van der Waals surface area (Å²) in [6, 6.07) is 8.22. The molecule has 0 unspecified atom stereocenters. The maximum absolute atomic E-state index is 5.94. The smallest absolute Gasteiger partial charge is 0.193 e. The highest BCUT2D eigenvalue weighted by atomic mass is 32.1. The van der Waals surface area contributed by atoms with Gasteiger partial charge in [0, 0.05) is 17.0 Å². The first-order valence-electron chi connectivity index (χ1n) is 7.34. The van der Waals surface area contributed by atoms with E-state index >= 15 is 0 Å². The van der Waals surface area contributed by atoms with Crippen LogP contribution in [0, 0.1) is 0 Å². The summed E-state index contributed by atoms with van der Waals surface area (Å²) in [5.41, 5.74) is 9.43. The largest absolute Gasteiger partial charge is 0.370 e. The molecule has 0 atom stereocenters. The third-order valence-electron chi connectivity index (χ3n) is 3.56. The molecule has 1 heterocycles. The third-order valence-corrected chi connectivity index (χ3v) is 4.41. The molecule has 110 valence electrons. The summed E-state index contributed by atoms with van der Waals surface area (Å²) >= 11 is 1.67. The molecule has 1 aliphatic carbocycles. The minimum absolute atomic E-state index is 0.437. The molecule has 1 fully saturated rings. The molecule has 0 radical (unpaired) electrons. The van der Waals surface area contributed by atoms with E-state index in [1.807, 2.05) is 12.1 Å². The van der Waals surface area contributed by atoms with E-state index in [0.29, 0.717) is 18.4 Å². The van der Waals surface area contributed by atoms with Gasteiger partial charge >= 0.3 is 0 Å². The lowest BCUT2D eigenvalue weighted by molar-refractivity contribution is 0.970. The predicted octanol–water partition coefficient (Wildman–Crippen LogP) is 3.51. The summed E-state index contributed by atoms with van der Waals surface area (Å²) in [4.78, 5) is 8.98. The van der Waals surface area contributed by atoms with E-state index in [4.69, 9.17) is 5.73 Å². The highest BCUT2D eigenvalue weighted by Crippen LogP contribution is 2.40. The normalized spacial score (nSPS) is 15.2. The van der Waals surface area contributed by atoms with Gasteiger partial charge in [-0.1, -0.05) is 19.1 Å². The van der Waals surface area contributed by atoms with Gasteiger partial charge < -0.3 is 11.1 Å². The molecular weight excluding hydrogens is 280 g/mol. The molecule has 21 heavy (non-hydrogen) atoms. The number of nitrogens with two attached hydrogens (primary N) is 1. The van der Waals surface area contributed by atoms with Crippen LogP contribution in [0.15, 0.2) is 34.6 Å². The fourth-order valence-electron chi connectivity index (χ4n) is 2.17. The first kappa shape index (κ1) is 14.1. The lowest BCUT2D eigenvalue weighted by Gasteiger charge is -2.06. The molecule has 0 spiro atoms. The average Bonchev–Trinajstić information content (AvgIpc) is 3.24. The molecule has 1 aromatic carbocycles. The first-order valence-corrected chi connectivity index (χ1v) is 8.22. The molecule has 4 nitrogen and oxygen atoms in total. The van der Waals surface area contributed by atoms with Crippen molar-refractivity contribution >= 4 is 23.0 Å². The van der Waals surface area contributed by atoms with Gasteiger partial charge in [0.05, 0.1) is 12.2 Å². The summed E-state index contributed by atoms with van der Waals surface area (Å²) in [5.74, 6) is 1.14. The van der Waals surface area contributed by atoms with Crippen LogP contribution >= 0.6 is 11.3 Å². The topological polar surface area (TPSA) is 63.3 Å². The van der Waals surface area contributed by atoms with Gasteiger partial charge in [0.25, 0.3) is 0 Å². The Morgan fingerprint density at radius 2 is 2.33 bits per heavy atom. The maximum atomic E-state index is 5.94. The molecule has 2 aromatic rings. The van der Waals surface area contributed by atoms with Crippen molar-refractivity contribution in [1.29, 1.82) is 0 Å². The van der Waals surface area contributed by atoms with Gasteiger partial charge in [-0.15, -0.1) is 11.3 Å². The van der Waals surface area contributed by atoms with E-state index in [0.717, 1.165) is 17.1 Å². The van der Waals surface area contributed by atoms with E-state index in [9.17, 15) is 0 Å². The molecule has 5 heteroatoms. The SMILES string of the molecule is CCc1cccc(NC(N)=NCc2nc(C3CC3)cs2)c1. The zero-order valence-electron chi connectivity index (χ0n) is 12.2. The predicted molar refractivity (Wildman–Crippen MR) is 88.9 cm³/mol. The van der Waals surface area contributed by atoms with E-state index in [-0.39, 0.29) is 0 Å². The van der Waals surface area contributed by atoms with Crippen molar-refractivity contribution in [2.45, 2.75) is 38.6 Å². The van der Waals surface area contributed by atoms with Crippen molar-refractivity contribution in [1.82, 2.24) is 4.98 Å². The molecule has 3 N–H and O–H groups in total. The highest BCUT2D eigenvalue weighted by molar-refractivity contribution is 7.09. The second kappa shape index (κ2) is 6.26. The number of aryl methyl sites for hydroxylation is 1. The van der Waals surface area contributed by atoms with Crippen molar-refractivity contribution in [3.8, 4) is 0 Å². The van der Waals surface area contributed by atoms with Crippen LogP contribution in [0.5, 0.6) is 0 Å². The molecule has 0 saturated heterocycles. The Morgan fingerprint density at radius 1 is 1.48 bits per heavy atom. The Morgan fingerprint density at radius 3 is 3.10 bits per heavy atom.